The summed E-state index contributed by atoms with van der Waals surface area (Å²) < 4.78 is 27.4. The zero-order chi connectivity index (χ0) is 22.4. The van der Waals surface area contributed by atoms with Crippen LogP contribution in [0.25, 0.3) is 0 Å². The molecule has 0 aromatic heterocycles. The summed E-state index contributed by atoms with van der Waals surface area (Å²) in [6.45, 7) is 2.33. The zero-order valence-electron chi connectivity index (χ0n) is 17.4. The summed E-state index contributed by atoms with van der Waals surface area (Å²) in [5.41, 5.74) is 1.52. The van der Waals surface area contributed by atoms with Gasteiger partial charge < -0.3 is 15.7 Å². The SMILES string of the molecule is CC(=O)Nc1ccc(S(=O)(=O)N2CCCC(C(=O)NCCc3ccc(O)cc3)C2)cc1. The average molecular weight is 446 g/mol. The van der Waals surface area contributed by atoms with Crippen LogP contribution in [-0.4, -0.2) is 49.3 Å². The van der Waals surface area contributed by atoms with Crippen LogP contribution < -0.4 is 10.6 Å². The minimum atomic E-state index is -3.72. The van der Waals surface area contributed by atoms with E-state index in [0.29, 0.717) is 38.0 Å². The molecule has 1 unspecified atom stereocenters. The maximum absolute atomic E-state index is 13.0. The van der Waals surface area contributed by atoms with Crippen LogP contribution >= 0.6 is 0 Å². The first-order valence-electron chi connectivity index (χ1n) is 10.2. The van der Waals surface area contributed by atoms with Crippen LogP contribution in [0.15, 0.2) is 53.4 Å². The summed E-state index contributed by atoms with van der Waals surface area (Å²) in [6, 6.07) is 12.8. The standard InChI is InChI=1S/C22H27N3O5S/c1-16(26)24-19-6-10-21(11-7-19)31(29,30)25-14-2-3-18(15-25)22(28)23-13-12-17-4-8-20(27)9-5-17/h4-11,18,27H,2-3,12-15H2,1H3,(H,23,28)(H,24,26). The van der Waals surface area contributed by atoms with Gasteiger partial charge in [-0.05, 0) is 61.2 Å². The molecule has 1 aliphatic rings. The maximum Gasteiger partial charge on any atom is 0.243 e. The molecular weight excluding hydrogens is 418 g/mol. The number of piperidine rings is 1. The van der Waals surface area contributed by atoms with Gasteiger partial charge in [0.2, 0.25) is 21.8 Å². The van der Waals surface area contributed by atoms with Gasteiger partial charge in [0.1, 0.15) is 5.75 Å². The Hall–Kier alpha value is -2.91. The molecule has 1 atom stereocenters. The number of hydrogen-bond donors (Lipinski definition) is 3. The number of nitrogens with one attached hydrogen (secondary N) is 2. The van der Waals surface area contributed by atoms with Crippen LogP contribution in [0, 0.1) is 5.92 Å². The van der Waals surface area contributed by atoms with E-state index >= 15 is 0 Å². The van der Waals surface area contributed by atoms with E-state index in [4.69, 9.17) is 0 Å². The highest BCUT2D eigenvalue weighted by Crippen LogP contribution is 2.25. The van der Waals surface area contributed by atoms with E-state index in [0.717, 1.165) is 5.56 Å². The van der Waals surface area contributed by atoms with Gasteiger partial charge >= 0.3 is 0 Å². The third kappa shape index (κ3) is 6.05. The largest absolute Gasteiger partial charge is 0.508 e. The first-order chi connectivity index (χ1) is 14.8. The van der Waals surface area contributed by atoms with Gasteiger partial charge in [0.05, 0.1) is 10.8 Å². The van der Waals surface area contributed by atoms with Crippen molar-refractivity contribution < 1.29 is 23.1 Å². The number of amides is 2. The molecular formula is C22H27N3O5S. The minimum absolute atomic E-state index is 0.134. The van der Waals surface area contributed by atoms with Crippen molar-refractivity contribution in [3.05, 3.63) is 54.1 Å². The van der Waals surface area contributed by atoms with Crippen LogP contribution in [0.4, 0.5) is 5.69 Å². The highest BCUT2D eigenvalue weighted by molar-refractivity contribution is 7.89. The molecule has 31 heavy (non-hydrogen) atoms. The molecule has 1 saturated heterocycles. The number of rotatable bonds is 7. The summed E-state index contributed by atoms with van der Waals surface area (Å²) in [4.78, 5) is 23.8. The second-order valence-corrected chi connectivity index (χ2v) is 9.55. The van der Waals surface area contributed by atoms with Crippen molar-refractivity contribution in [2.45, 2.75) is 31.1 Å². The minimum Gasteiger partial charge on any atom is -0.508 e. The highest BCUT2D eigenvalue weighted by atomic mass is 32.2. The lowest BCUT2D eigenvalue weighted by Gasteiger charge is -2.31. The number of phenolic OH excluding ortho intramolecular Hbond substituents is 1. The number of phenols is 1. The Bertz CT molecular complexity index is 1020. The molecule has 1 fully saturated rings. The number of anilines is 1. The van der Waals surface area contributed by atoms with Gasteiger partial charge in [0.15, 0.2) is 0 Å². The van der Waals surface area contributed by atoms with Crippen molar-refractivity contribution in [1.29, 1.82) is 0 Å². The Labute approximate surface area is 182 Å². The lowest BCUT2D eigenvalue weighted by Crippen LogP contribution is -2.45. The van der Waals surface area contributed by atoms with Crippen LogP contribution in [-0.2, 0) is 26.0 Å². The molecule has 166 valence electrons. The predicted molar refractivity (Wildman–Crippen MR) is 117 cm³/mol. The van der Waals surface area contributed by atoms with Crippen LogP contribution in [0.5, 0.6) is 5.75 Å². The van der Waals surface area contributed by atoms with E-state index < -0.39 is 15.9 Å². The summed E-state index contributed by atoms with van der Waals surface area (Å²) in [5, 5.41) is 14.8. The Morgan fingerprint density at radius 3 is 2.42 bits per heavy atom. The van der Waals surface area contributed by atoms with Crippen molar-refractivity contribution in [3.8, 4) is 5.75 Å². The van der Waals surface area contributed by atoms with Gasteiger partial charge in [0.25, 0.3) is 0 Å². The number of sulfonamides is 1. The van der Waals surface area contributed by atoms with Gasteiger partial charge in [-0.25, -0.2) is 8.42 Å². The second kappa shape index (κ2) is 9.93. The third-order valence-electron chi connectivity index (χ3n) is 5.22. The van der Waals surface area contributed by atoms with E-state index in [9.17, 15) is 23.1 Å². The molecule has 0 saturated carbocycles. The average Bonchev–Trinajstić information content (AvgIpc) is 2.75. The molecule has 0 aliphatic carbocycles. The van der Waals surface area contributed by atoms with E-state index in [2.05, 4.69) is 10.6 Å². The topological polar surface area (TPSA) is 116 Å². The molecule has 0 radical (unpaired) electrons. The van der Waals surface area contributed by atoms with E-state index in [1.54, 1.807) is 36.4 Å². The molecule has 8 nitrogen and oxygen atoms in total. The fourth-order valence-electron chi connectivity index (χ4n) is 3.57. The molecule has 1 heterocycles. The van der Waals surface area contributed by atoms with Crippen molar-refractivity contribution in [1.82, 2.24) is 9.62 Å². The number of benzene rings is 2. The van der Waals surface area contributed by atoms with E-state index in [1.165, 1.54) is 23.4 Å². The number of hydrogen-bond acceptors (Lipinski definition) is 5. The molecule has 2 aromatic carbocycles. The Kier molecular flexibility index (Phi) is 7.29. The van der Waals surface area contributed by atoms with Crippen molar-refractivity contribution >= 4 is 27.5 Å². The third-order valence-corrected chi connectivity index (χ3v) is 7.10. The first-order valence-corrected chi connectivity index (χ1v) is 11.6. The summed E-state index contributed by atoms with van der Waals surface area (Å²) in [7, 11) is -3.72. The van der Waals surface area contributed by atoms with Crippen molar-refractivity contribution in [3.63, 3.8) is 0 Å². The smallest absolute Gasteiger partial charge is 0.243 e. The van der Waals surface area contributed by atoms with Gasteiger partial charge in [-0.2, -0.15) is 4.31 Å². The number of carbonyl (C=O) groups is 2. The summed E-state index contributed by atoms with van der Waals surface area (Å²) in [5.74, 6) is -0.589. The summed E-state index contributed by atoms with van der Waals surface area (Å²) >= 11 is 0. The maximum atomic E-state index is 13.0. The molecule has 3 rings (SSSR count). The molecule has 3 N–H and O–H groups in total. The molecule has 2 aromatic rings. The highest BCUT2D eigenvalue weighted by Gasteiger charge is 2.33. The normalized spacial score (nSPS) is 17.1. The summed E-state index contributed by atoms with van der Waals surface area (Å²) in [6.07, 6.45) is 1.87. The number of nitrogens with zero attached hydrogens (tertiary/aromatic N) is 1. The Morgan fingerprint density at radius 1 is 1.10 bits per heavy atom. The quantitative estimate of drug-likeness (QED) is 0.604. The predicted octanol–water partition coefficient (Wildman–Crippen LogP) is 2.11. The van der Waals surface area contributed by atoms with Gasteiger partial charge in [-0.3, -0.25) is 9.59 Å². The van der Waals surface area contributed by atoms with Crippen LogP contribution in [0.3, 0.4) is 0 Å². The molecule has 2 amide bonds. The number of carbonyl (C=O) groups excluding carboxylic acids is 2. The second-order valence-electron chi connectivity index (χ2n) is 7.62. The van der Waals surface area contributed by atoms with Crippen LogP contribution in [0.1, 0.15) is 25.3 Å². The van der Waals surface area contributed by atoms with Crippen molar-refractivity contribution in [2.24, 2.45) is 5.92 Å². The number of aromatic hydroxyl groups is 1. The fourth-order valence-corrected chi connectivity index (χ4v) is 5.10. The van der Waals surface area contributed by atoms with E-state index in [-0.39, 0.29) is 29.0 Å². The Balaban J connectivity index is 1.57. The molecule has 9 heteroatoms. The van der Waals surface area contributed by atoms with E-state index in [1.807, 2.05) is 0 Å². The zero-order valence-corrected chi connectivity index (χ0v) is 18.2. The fraction of sp³-hybridized carbons (Fsp3) is 0.364. The molecule has 0 spiro atoms. The Morgan fingerprint density at radius 2 is 1.77 bits per heavy atom. The molecule has 0 bridgehead atoms. The van der Waals surface area contributed by atoms with Gasteiger partial charge in [0, 0.05) is 32.2 Å². The van der Waals surface area contributed by atoms with Gasteiger partial charge in [-0.1, -0.05) is 12.1 Å². The lowest BCUT2D eigenvalue weighted by atomic mass is 9.99. The van der Waals surface area contributed by atoms with Gasteiger partial charge in [-0.15, -0.1) is 0 Å². The molecule has 1 aliphatic heterocycles. The van der Waals surface area contributed by atoms with Crippen LogP contribution in [0.2, 0.25) is 0 Å². The van der Waals surface area contributed by atoms with Crippen molar-refractivity contribution in [2.75, 3.05) is 25.0 Å². The lowest BCUT2D eigenvalue weighted by molar-refractivity contribution is -0.126. The monoisotopic (exact) mass is 445 g/mol. The first kappa shape index (κ1) is 22.8.